The molecule has 25 heavy (non-hydrogen) atoms. The lowest BCUT2D eigenvalue weighted by atomic mass is 9.84. The van der Waals surface area contributed by atoms with Gasteiger partial charge in [-0.05, 0) is 50.8 Å². The van der Waals surface area contributed by atoms with E-state index in [1.165, 1.54) is 0 Å². The normalized spacial score (nSPS) is 20.1. The van der Waals surface area contributed by atoms with Gasteiger partial charge in [-0.15, -0.1) is 0 Å². The maximum absolute atomic E-state index is 12.2. The molecular formula is C19H28N2O4. The number of hydrogen-bond donors (Lipinski definition) is 3. The van der Waals surface area contributed by atoms with Crippen LogP contribution in [0, 0.1) is 5.41 Å². The molecule has 1 amide bonds. The van der Waals surface area contributed by atoms with Gasteiger partial charge in [-0.2, -0.15) is 0 Å². The van der Waals surface area contributed by atoms with Crippen LogP contribution in [0.15, 0.2) is 12.1 Å². The molecule has 0 heterocycles. The van der Waals surface area contributed by atoms with Crippen molar-refractivity contribution in [3.8, 4) is 5.75 Å². The molecule has 1 aromatic rings. The van der Waals surface area contributed by atoms with E-state index in [9.17, 15) is 14.7 Å². The number of benzene rings is 1. The monoisotopic (exact) mass is 348 g/mol. The van der Waals surface area contributed by atoms with Crippen LogP contribution in [0.1, 0.15) is 58.3 Å². The second kappa shape index (κ2) is 7.54. The maximum atomic E-state index is 12.2. The number of aliphatic hydroxyl groups is 1. The van der Waals surface area contributed by atoms with Crippen molar-refractivity contribution >= 4 is 18.1 Å². The molecule has 2 rings (SSSR count). The fourth-order valence-electron chi connectivity index (χ4n) is 3.02. The molecule has 0 fully saturated rings. The third-order valence-electron chi connectivity index (χ3n) is 4.28. The average molecular weight is 348 g/mol. The highest BCUT2D eigenvalue weighted by Gasteiger charge is 2.32. The van der Waals surface area contributed by atoms with Gasteiger partial charge >= 0.3 is 5.97 Å². The summed E-state index contributed by atoms with van der Waals surface area (Å²) >= 11 is 0. The largest absolute Gasteiger partial charge is 0.424 e. The molecule has 1 aliphatic carbocycles. The van der Waals surface area contributed by atoms with Crippen LogP contribution in [0.25, 0.3) is 0 Å². The van der Waals surface area contributed by atoms with Gasteiger partial charge in [0.2, 0.25) is 6.41 Å². The first-order valence-electron chi connectivity index (χ1n) is 8.67. The molecule has 6 nitrogen and oxygen atoms in total. The molecule has 3 N–H and O–H groups in total. The number of esters is 1. The van der Waals surface area contributed by atoms with Gasteiger partial charge in [-0.1, -0.05) is 19.9 Å². The quantitative estimate of drug-likeness (QED) is 0.432. The van der Waals surface area contributed by atoms with E-state index in [-0.39, 0.29) is 18.1 Å². The average Bonchev–Trinajstić information content (AvgIpc) is 2.51. The molecule has 6 heteroatoms. The summed E-state index contributed by atoms with van der Waals surface area (Å²) in [4.78, 5) is 23.3. The van der Waals surface area contributed by atoms with E-state index in [2.05, 4.69) is 10.6 Å². The summed E-state index contributed by atoms with van der Waals surface area (Å²) in [5.74, 6) is -0.0645. The summed E-state index contributed by atoms with van der Waals surface area (Å²) in [6.45, 7) is 9.39. The van der Waals surface area contributed by atoms with Crippen LogP contribution in [-0.4, -0.2) is 29.6 Å². The van der Waals surface area contributed by atoms with Crippen LogP contribution in [0.5, 0.6) is 5.75 Å². The van der Waals surface area contributed by atoms with Crippen molar-refractivity contribution in [2.24, 2.45) is 5.41 Å². The number of anilines is 1. The van der Waals surface area contributed by atoms with Gasteiger partial charge in [0.1, 0.15) is 0 Å². The highest BCUT2D eigenvalue weighted by atomic mass is 16.5. The highest BCUT2D eigenvalue weighted by Crippen LogP contribution is 2.40. The zero-order valence-corrected chi connectivity index (χ0v) is 15.6. The summed E-state index contributed by atoms with van der Waals surface area (Å²) in [6.07, 6.45) is 1.30. The summed E-state index contributed by atoms with van der Waals surface area (Å²) in [7, 11) is 0. The molecule has 0 spiro atoms. The number of fused-ring (bicyclic) bond motifs is 1. The number of nitrogens with one attached hydrogen (secondary N) is 2. The minimum Gasteiger partial charge on any atom is -0.424 e. The Morgan fingerprint density at radius 2 is 2.04 bits per heavy atom. The Bertz CT molecular complexity index is 650. The van der Waals surface area contributed by atoms with Gasteiger partial charge in [0, 0.05) is 12.1 Å². The number of hydrogen-bond acceptors (Lipinski definition) is 5. The lowest BCUT2D eigenvalue weighted by molar-refractivity contribution is -0.142. The summed E-state index contributed by atoms with van der Waals surface area (Å²) in [6, 6.07) is 3.63. The van der Waals surface area contributed by atoms with Crippen LogP contribution in [0.2, 0.25) is 0 Å². The van der Waals surface area contributed by atoms with Crippen molar-refractivity contribution in [2.75, 3.05) is 5.32 Å². The molecule has 138 valence electrons. The number of rotatable bonds is 5. The van der Waals surface area contributed by atoms with Crippen LogP contribution < -0.4 is 15.4 Å². The smallest absolute Gasteiger partial charge is 0.316 e. The third kappa shape index (κ3) is 4.38. The van der Waals surface area contributed by atoms with Crippen LogP contribution in [-0.2, 0) is 16.0 Å². The van der Waals surface area contributed by atoms with E-state index < -0.39 is 11.5 Å². The summed E-state index contributed by atoms with van der Waals surface area (Å²) in [5, 5.41) is 16.7. The predicted octanol–water partition coefficient (Wildman–Crippen LogP) is 2.55. The van der Waals surface area contributed by atoms with E-state index in [1.54, 1.807) is 32.9 Å². The molecule has 0 bridgehead atoms. The van der Waals surface area contributed by atoms with E-state index >= 15 is 0 Å². The lowest BCUT2D eigenvalue weighted by Gasteiger charge is -2.33. The van der Waals surface area contributed by atoms with Gasteiger partial charge < -0.3 is 20.5 Å². The molecule has 0 aromatic heterocycles. The molecule has 2 unspecified atom stereocenters. The van der Waals surface area contributed by atoms with Crippen molar-refractivity contribution in [1.82, 2.24) is 5.32 Å². The Kier molecular flexibility index (Phi) is 5.85. The Balaban J connectivity index is 2.38. The van der Waals surface area contributed by atoms with Crippen LogP contribution in [0.4, 0.5) is 5.69 Å². The second-order valence-electron chi connectivity index (χ2n) is 7.82. The zero-order chi connectivity index (χ0) is 18.8. The SMILES string of the molecule is CC(C)NC1CCc2c(ccc(OC(=O)C(C)(C)C)c2NC=O)C1O. The first-order chi connectivity index (χ1) is 11.6. The molecule has 0 saturated heterocycles. The van der Waals surface area contributed by atoms with Gasteiger partial charge in [-0.25, -0.2) is 0 Å². The zero-order valence-electron chi connectivity index (χ0n) is 15.6. The molecule has 1 aromatic carbocycles. The second-order valence-corrected chi connectivity index (χ2v) is 7.82. The minimum atomic E-state index is -0.675. The third-order valence-corrected chi connectivity index (χ3v) is 4.28. The van der Waals surface area contributed by atoms with Gasteiger partial charge in [0.25, 0.3) is 0 Å². The fourth-order valence-corrected chi connectivity index (χ4v) is 3.02. The number of amides is 1. The maximum Gasteiger partial charge on any atom is 0.316 e. The van der Waals surface area contributed by atoms with Gasteiger partial charge in [-0.3, -0.25) is 9.59 Å². The highest BCUT2D eigenvalue weighted by molar-refractivity contribution is 5.84. The minimum absolute atomic E-state index is 0.0421. The van der Waals surface area contributed by atoms with Crippen molar-refractivity contribution in [1.29, 1.82) is 0 Å². The van der Waals surface area contributed by atoms with Crippen molar-refractivity contribution < 1.29 is 19.4 Å². The molecule has 0 saturated carbocycles. The number of ether oxygens (including phenoxy) is 1. The van der Waals surface area contributed by atoms with Crippen molar-refractivity contribution in [3.63, 3.8) is 0 Å². The first kappa shape index (κ1) is 19.4. The van der Waals surface area contributed by atoms with E-state index in [4.69, 9.17) is 4.74 Å². The molecule has 1 aliphatic rings. The summed E-state index contributed by atoms with van der Waals surface area (Å²) < 4.78 is 5.50. The van der Waals surface area contributed by atoms with E-state index in [1.807, 2.05) is 13.8 Å². The number of carbonyl (C=O) groups is 2. The Morgan fingerprint density at radius 1 is 1.36 bits per heavy atom. The van der Waals surface area contributed by atoms with Crippen molar-refractivity contribution in [3.05, 3.63) is 23.3 Å². The lowest BCUT2D eigenvalue weighted by Crippen LogP contribution is -2.42. The molecule has 2 atom stereocenters. The molecule has 0 radical (unpaired) electrons. The Hall–Kier alpha value is -1.92. The standard InChI is InChI=1S/C19H28N2O4/c1-11(2)21-14-8-6-12-13(17(14)23)7-9-15(16(12)20-10-22)25-18(24)19(3,4)5/h7,9-11,14,17,21,23H,6,8H2,1-5H3,(H,20,22). The van der Waals surface area contributed by atoms with Gasteiger partial charge in [0.15, 0.2) is 5.75 Å². The summed E-state index contributed by atoms with van der Waals surface area (Å²) in [5.41, 5.74) is 1.39. The molecular weight excluding hydrogens is 320 g/mol. The Morgan fingerprint density at radius 3 is 2.60 bits per heavy atom. The van der Waals surface area contributed by atoms with Crippen molar-refractivity contribution in [2.45, 2.75) is 65.6 Å². The van der Waals surface area contributed by atoms with Crippen LogP contribution in [0.3, 0.4) is 0 Å². The first-order valence-corrected chi connectivity index (χ1v) is 8.67. The number of aliphatic hydroxyl groups excluding tert-OH is 1. The van der Waals surface area contributed by atoms with Crippen LogP contribution >= 0.6 is 0 Å². The number of carbonyl (C=O) groups excluding carboxylic acids is 2. The van der Waals surface area contributed by atoms with Gasteiger partial charge in [0.05, 0.1) is 17.2 Å². The Labute approximate surface area is 149 Å². The predicted molar refractivity (Wildman–Crippen MR) is 96.6 cm³/mol. The van der Waals surface area contributed by atoms with E-state index in [0.29, 0.717) is 24.3 Å². The fraction of sp³-hybridized carbons (Fsp3) is 0.579. The molecule has 0 aliphatic heterocycles. The topological polar surface area (TPSA) is 87.7 Å². The van der Waals surface area contributed by atoms with E-state index in [0.717, 1.165) is 17.5 Å².